The van der Waals surface area contributed by atoms with Gasteiger partial charge >= 0.3 is 0 Å². The Hall–Kier alpha value is -1.39. The van der Waals surface area contributed by atoms with Gasteiger partial charge in [0.15, 0.2) is 0 Å². The second-order valence-electron chi connectivity index (χ2n) is 4.86. The molecule has 0 aromatic heterocycles. The number of carbonyl (C=O) groups is 1. The van der Waals surface area contributed by atoms with E-state index in [-0.39, 0.29) is 5.91 Å². The van der Waals surface area contributed by atoms with Gasteiger partial charge in [0, 0.05) is 12.8 Å². The summed E-state index contributed by atoms with van der Waals surface area (Å²) in [5.74, 6) is 0.267. The molecule has 0 aliphatic carbocycles. The van der Waals surface area contributed by atoms with Gasteiger partial charge in [-0.25, -0.2) is 0 Å². The zero-order chi connectivity index (χ0) is 13.5. The number of hydrogen-bond acceptors (Lipinski definition) is 3. The number of amides is 1. The third-order valence-corrected chi connectivity index (χ3v) is 2.57. The molecule has 4 nitrogen and oxygen atoms in total. The number of anilines is 1. The maximum Gasteiger partial charge on any atom is 0.241 e. The molecule has 3 N–H and O–H groups in total. The van der Waals surface area contributed by atoms with E-state index in [0.717, 1.165) is 11.3 Å². The molecule has 0 aliphatic heterocycles. The van der Waals surface area contributed by atoms with Crippen LogP contribution in [0.5, 0.6) is 0 Å². The first-order valence-electron chi connectivity index (χ1n) is 6.17. The Morgan fingerprint density at radius 1 is 1.44 bits per heavy atom. The summed E-state index contributed by atoms with van der Waals surface area (Å²) in [7, 11) is 1.64. The fraction of sp³-hybridized carbons (Fsp3) is 0.500. The first-order valence-corrected chi connectivity index (χ1v) is 6.17. The maximum atomic E-state index is 11.8. The van der Waals surface area contributed by atoms with E-state index >= 15 is 0 Å². The lowest BCUT2D eigenvalue weighted by atomic mass is 10.0. The van der Waals surface area contributed by atoms with Gasteiger partial charge in [-0.2, -0.15) is 0 Å². The number of hydrogen-bond donors (Lipinski definition) is 2. The molecule has 1 unspecified atom stereocenters. The first-order chi connectivity index (χ1) is 8.52. The van der Waals surface area contributed by atoms with Gasteiger partial charge in [0.05, 0.1) is 12.6 Å². The van der Waals surface area contributed by atoms with Crippen molar-refractivity contribution in [2.45, 2.75) is 32.9 Å². The molecule has 100 valence electrons. The van der Waals surface area contributed by atoms with Gasteiger partial charge in [-0.1, -0.05) is 26.0 Å². The predicted molar refractivity (Wildman–Crippen MR) is 73.2 cm³/mol. The number of benzene rings is 1. The van der Waals surface area contributed by atoms with E-state index in [1.807, 2.05) is 38.1 Å². The van der Waals surface area contributed by atoms with Crippen LogP contribution in [0.15, 0.2) is 24.3 Å². The van der Waals surface area contributed by atoms with E-state index < -0.39 is 6.04 Å². The Bertz CT molecular complexity index is 391. The van der Waals surface area contributed by atoms with Crippen molar-refractivity contribution in [2.24, 2.45) is 11.7 Å². The fourth-order valence-corrected chi connectivity index (χ4v) is 1.76. The van der Waals surface area contributed by atoms with Crippen LogP contribution >= 0.6 is 0 Å². The van der Waals surface area contributed by atoms with Crippen LogP contribution in [0, 0.1) is 5.92 Å². The standard InChI is InChI=1S/C14H22N2O2/c1-10(2)7-13(15)14(17)16-12-6-4-5-11(8-12)9-18-3/h4-6,8,10,13H,7,9,15H2,1-3H3,(H,16,17). The highest BCUT2D eigenvalue weighted by atomic mass is 16.5. The number of nitrogens with two attached hydrogens (primary N) is 1. The Labute approximate surface area is 109 Å². The minimum atomic E-state index is -0.462. The van der Waals surface area contributed by atoms with Crippen LogP contribution in [0.2, 0.25) is 0 Å². The van der Waals surface area contributed by atoms with Crippen LogP contribution in [0.3, 0.4) is 0 Å². The van der Waals surface area contributed by atoms with Gasteiger partial charge in [0.1, 0.15) is 0 Å². The minimum Gasteiger partial charge on any atom is -0.380 e. The molecule has 1 atom stereocenters. The zero-order valence-electron chi connectivity index (χ0n) is 11.3. The molecule has 0 fully saturated rings. The highest BCUT2D eigenvalue weighted by molar-refractivity contribution is 5.94. The van der Waals surface area contributed by atoms with Crippen molar-refractivity contribution in [3.63, 3.8) is 0 Å². The van der Waals surface area contributed by atoms with E-state index in [9.17, 15) is 4.79 Å². The molecule has 1 aromatic rings. The normalized spacial score (nSPS) is 12.5. The zero-order valence-corrected chi connectivity index (χ0v) is 11.3. The summed E-state index contributed by atoms with van der Waals surface area (Å²) in [4.78, 5) is 11.8. The first kappa shape index (κ1) is 14.7. The minimum absolute atomic E-state index is 0.140. The highest BCUT2D eigenvalue weighted by Crippen LogP contribution is 2.12. The molecule has 1 rings (SSSR count). The summed E-state index contributed by atoms with van der Waals surface area (Å²) >= 11 is 0. The smallest absolute Gasteiger partial charge is 0.241 e. The van der Waals surface area contributed by atoms with Crippen LogP contribution < -0.4 is 11.1 Å². The third-order valence-electron chi connectivity index (χ3n) is 2.57. The van der Waals surface area contributed by atoms with Crippen molar-refractivity contribution < 1.29 is 9.53 Å². The molecule has 0 saturated carbocycles. The Balaban J connectivity index is 2.61. The van der Waals surface area contributed by atoms with Gasteiger partial charge < -0.3 is 15.8 Å². The van der Waals surface area contributed by atoms with E-state index in [1.54, 1.807) is 7.11 Å². The molecule has 0 saturated heterocycles. The largest absolute Gasteiger partial charge is 0.380 e. The van der Waals surface area contributed by atoms with Gasteiger partial charge in [0.2, 0.25) is 5.91 Å². The Morgan fingerprint density at radius 3 is 2.78 bits per heavy atom. The summed E-state index contributed by atoms with van der Waals surface area (Å²) in [6.07, 6.45) is 0.684. The molecular weight excluding hydrogens is 228 g/mol. The topological polar surface area (TPSA) is 64.3 Å². The van der Waals surface area contributed by atoms with Crippen molar-refractivity contribution in [2.75, 3.05) is 12.4 Å². The van der Waals surface area contributed by atoms with Crippen LogP contribution in [0.1, 0.15) is 25.8 Å². The molecule has 4 heteroatoms. The van der Waals surface area contributed by atoms with Crippen LogP contribution in [-0.4, -0.2) is 19.1 Å². The molecule has 0 radical (unpaired) electrons. The van der Waals surface area contributed by atoms with Gasteiger partial charge in [-0.05, 0) is 30.0 Å². The fourth-order valence-electron chi connectivity index (χ4n) is 1.76. The quantitative estimate of drug-likeness (QED) is 0.813. The maximum absolute atomic E-state index is 11.8. The van der Waals surface area contributed by atoms with E-state index in [1.165, 1.54) is 0 Å². The van der Waals surface area contributed by atoms with E-state index in [4.69, 9.17) is 10.5 Å². The highest BCUT2D eigenvalue weighted by Gasteiger charge is 2.14. The van der Waals surface area contributed by atoms with Crippen LogP contribution in [-0.2, 0) is 16.1 Å². The SMILES string of the molecule is COCc1cccc(NC(=O)C(N)CC(C)C)c1. The van der Waals surface area contributed by atoms with Gasteiger partial charge in [-0.15, -0.1) is 0 Å². The second-order valence-corrected chi connectivity index (χ2v) is 4.86. The number of methoxy groups -OCH3 is 1. The third kappa shape index (κ3) is 4.85. The molecule has 1 aromatic carbocycles. The molecule has 0 heterocycles. The molecule has 0 spiro atoms. The average Bonchev–Trinajstić information content (AvgIpc) is 2.29. The van der Waals surface area contributed by atoms with Gasteiger partial charge in [-0.3, -0.25) is 4.79 Å². The van der Waals surface area contributed by atoms with Crippen molar-refractivity contribution in [3.8, 4) is 0 Å². The molecule has 1 amide bonds. The monoisotopic (exact) mass is 250 g/mol. The van der Waals surface area contributed by atoms with Crippen molar-refractivity contribution in [1.82, 2.24) is 0 Å². The summed E-state index contributed by atoms with van der Waals surface area (Å²) in [5.41, 5.74) is 7.61. The summed E-state index contributed by atoms with van der Waals surface area (Å²) in [6.45, 7) is 4.63. The lowest BCUT2D eigenvalue weighted by Gasteiger charge is -2.14. The van der Waals surface area contributed by atoms with Crippen molar-refractivity contribution >= 4 is 11.6 Å². The molecule has 0 aliphatic rings. The van der Waals surface area contributed by atoms with Crippen molar-refractivity contribution in [3.05, 3.63) is 29.8 Å². The predicted octanol–water partition coefficient (Wildman–Crippen LogP) is 2.14. The number of rotatable bonds is 6. The summed E-state index contributed by atoms with van der Waals surface area (Å²) in [6, 6.07) is 7.12. The Kier molecular flexibility index (Phi) is 5.82. The van der Waals surface area contributed by atoms with Gasteiger partial charge in [0.25, 0.3) is 0 Å². The van der Waals surface area contributed by atoms with Crippen LogP contribution in [0.25, 0.3) is 0 Å². The van der Waals surface area contributed by atoms with E-state index in [2.05, 4.69) is 5.32 Å². The molecular formula is C14H22N2O2. The molecule has 18 heavy (non-hydrogen) atoms. The number of carbonyl (C=O) groups excluding carboxylic acids is 1. The van der Waals surface area contributed by atoms with Crippen molar-refractivity contribution in [1.29, 1.82) is 0 Å². The van der Waals surface area contributed by atoms with Crippen LogP contribution in [0.4, 0.5) is 5.69 Å². The number of nitrogens with one attached hydrogen (secondary N) is 1. The Morgan fingerprint density at radius 2 is 2.17 bits per heavy atom. The lowest BCUT2D eigenvalue weighted by Crippen LogP contribution is -2.36. The summed E-state index contributed by atoms with van der Waals surface area (Å²) in [5, 5.41) is 2.83. The second kappa shape index (κ2) is 7.13. The average molecular weight is 250 g/mol. The molecule has 0 bridgehead atoms. The lowest BCUT2D eigenvalue weighted by molar-refractivity contribution is -0.117. The summed E-state index contributed by atoms with van der Waals surface area (Å²) < 4.78 is 5.05. The van der Waals surface area contributed by atoms with E-state index in [0.29, 0.717) is 18.9 Å². The number of ether oxygens (including phenoxy) is 1.